The largest absolute Gasteiger partial charge is 0.465 e. The number of carbonyl (C=O) groups excluding carboxylic acids is 1. The van der Waals surface area contributed by atoms with Crippen LogP contribution in [0.5, 0.6) is 0 Å². The molecule has 162 valence electrons. The third kappa shape index (κ3) is 7.44. The number of carbonyl (C=O) groups is 1. The summed E-state index contributed by atoms with van der Waals surface area (Å²) >= 11 is 0. The third-order valence-corrected chi connectivity index (χ3v) is 5.24. The van der Waals surface area contributed by atoms with E-state index in [9.17, 15) is 4.79 Å². The SMILES string of the molecule is CCCCc1ccc(/C(C)=N\OCCCCC2COC(C)(C(=O)OC)OC2)cc1. The van der Waals surface area contributed by atoms with Gasteiger partial charge in [0.05, 0.1) is 26.0 Å². The normalized spacial score (nSPS) is 22.3. The average Bonchev–Trinajstić information content (AvgIpc) is 2.75. The van der Waals surface area contributed by atoms with Crippen LogP contribution in [0.25, 0.3) is 0 Å². The second kappa shape index (κ2) is 11.9. The molecular formula is C23H35NO5. The third-order valence-electron chi connectivity index (χ3n) is 5.24. The number of esters is 1. The Morgan fingerprint density at radius 2 is 1.86 bits per heavy atom. The Hall–Kier alpha value is -1.92. The summed E-state index contributed by atoms with van der Waals surface area (Å²) in [5.74, 6) is -1.48. The summed E-state index contributed by atoms with van der Waals surface area (Å²) in [5.41, 5.74) is 3.35. The lowest BCUT2D eigenvalue weighted by atomic mass is 10.0. The van der Waals surface area contributed by atoms with Crippen molar-refractivity contribution >= 4 is 11.7 Å². The number of hydrogen-bond acceptors (Lipinski definition) is 6. The molecule has 1 aliphatic rings. The number of rotatable bonds is 11. The Morgan fingerprint density at radius 1 is 1.17 bits per heavy atom. The number of hydrogen-bond donors (Lipinski definition) is 0. The van der Waals surface area contributed by atoms with Crippen molar-refractivity contribution in [2.75, 3.05) is 26.9 Å². The van der Waals surface area contributed by atoms with Gasteiger partial charge in [0.15, 0.2) is 0 Å². The summed E-state index contributed by atoms with van der Waals surface area (Å²) in [5, 5.41) is 4.23. The first-order valence-electron chi connectivity index (χ1n) is 10.6. The van der Waals surface area contributed by atoms with Crippen molar-refractivity contribution in [1.82, 2.24) is 0 Å². The van der Waals surface area contributed by atoms with Crippen molar-refractivity contribution in [3.05, 3.63) is 35.4 Å². The first kappa shape index (κ1) is 23.4. The minimum absolute atomic E-state index is 0.282. The molecule has 0 radical (unpaired) electrons. The Bertz CT molecular complexity index is 648. The summed E-state index contributed by atoms with van der Waals surface area (Å²) in [7, 11) is 1.33. The van der Waals surface area contributed by atoms with Crippen molar-refractivity contribution in [2.45, 2.75) is 65.1 Å². The predicted octanol–water partition coefficient (Wildman–Crippen LogP) is 4.49. The molecule has 0 atom stereocenters. The molecule has 1 saturated heterocycles. The van der Waals surface area contributed by atoms with Crippen molar-refractivity contribution in [1.29, 1.82) is 0 Å². The zero-order chi connectivity index (χ0) is 21.1. The van der Waals surface area contributed by atoms with Gasteiger partial charge in [-0.05, 0) is 50.2 Å². The molecule has 1 aromatic carbocycles. The van der Waals surface area contributed by atoms with Gasteiger partial charge in [-0.1, -0.05) is 42.8 Å². The Morgan fingerprint density at radius 3 is 2.48 bits per heavy atom. The lowest BCUT2D eigenvalue weighted by Gasteiger charge is -2.35. The number of nitrogens with zero attached hydrogens (tertiary/aromatic N) is 1. The molecular weight excluding hydrogens is 370 g/mol. The van der Waals surface area contributed by atoms with Crippen LogP contribution in [0, 0.1) is 5.92 Å². The quantitative estimate of drug-likeness (QED) is 0.235. The lowest BCUT2D eigenvalue weighted by Crippen LogP contribution is -2.48. The van der Waals surface area contributed by atoms with Crippen LogP contribution in [0.3, 0.4) is 0 Å². The van der Waals surface area contributed by atoms with Gasteiger partial charge in [0.2, 0.25) is 0 Å². The van der Waals surface area contributed by atoms with E-state index < -0.39 is 11.8 Å². The summed E-state index contributed by atoms with van der Waals surface area (Å²) in [6, 6.07) is 8.56. The molecule has 0 saturated carbocycles. The van der Waals surface area contributed by atoms with Crippen molar-refractivity contribution in [2.24, 2.45) is 11.1 Å². The van der Waals surface area contributed by atoms with Crippen molar-refractivity contribution in [3.8, 4) is 0 Å². The number of benzene rings is 1. The number of ether oxygens (including phenoxy) is 3. The maximum Gasteiger partial charge on any atom is 0.366 e. The highest BCUT2D eigenvalue weighted by molar-refractivity contribution is 5.98. The minimum Gasteiger partial charge on any atom is -0.465 e. The topological polar surface area (TPSA) is 66.4 Å². The summed E-state index contributed by atoms with van der Waals surface area (Å²) in [6.07, 6.45) is 6.43. The molecule has 2 rings (SSSR count). The molecule has 29 heavy (non-hydrogen) atoms. The van der Waals surface area contributed by atoms with Gasteiger partial charge >= 0.3 is 5.97 Å². The predicted molar refractivity (Wildman–Crippen MR) is 113 cm³/mol. The molecule has 1 aliphatic heterocycles. The van der Waals surface area contributed by atoms with E-state index in [2.05, 4.69) is 36.3 Å². The maximum atomic E-state index is 11.6. The molecule has 0 aromatic heterocycles. The van der Waals surface area contributed by atoms with Gasteiger partial charge in [0, 0.05) is 12.8 Å². The monoisotopic (exact) mass is 405 g/mol. The van der Waals surface area contributed by atoms with Crippen LogP contribution in [0.2, 0.25) is 0 Å². The maximum absolute atomic E-state index is 11.6. The molecule has 0 unspecified atom stereocenters. The Labute approximate surface area is 174 Å². The highest BCUT2D eigenvalue weighted by atomic mass is 16.7. The fraction of sp³-hybridized carbons (Fsp3) is 0.652. The van der Waals surface area contributed by atoms with E-state index in [0.717, 1.165) is 37.0 Å². The van der Waals surface area contributed by atoms with Crippen LogP contribution in [-0.2, 0) is 30.3 Å². The van der Waals surface area contributed by atoms with Gasteiger partial charge in [0.25, 0.3) is 5.79 Å². The molecule has 0 aliphatic carbocycles. The lowest BCUT2D eigenvalue weighted by molar-refractivity contribution is -0.272. The molecule has 6 heteroatoms. The molecule has 0 spiro atoms. The van der Waals surface area contributed by atoms with E-state index in [1.807, 2.05) is 6.92 Å². The van der Waals surface area contributed by atoms with E-state index in [0.29, 0.717) is 19.8 Å². The Kier molecular flexibility index (Phi) is 9.61. The molecule has 1 fully saturated rings. The second-order valence-electron chi connectivity index (χ2n) is 7.73. The molecule has 6 nitrogen and oxygen atoms in total. The smallest absolute Gasteiger partial charge is 0.366 e. The number of methoxy groups -OCH3 is 1. The van der Waals surface area contributed by atoms with Crippen LogP contribution in [0.4, 0.5) is 0 Å². The summed E-state index contributed by atoms with van der Waals surface area (Å²) < 4.78 is 15.8. The standard InChI is InChI=1S/C23H35NO5/c1-5-6-9-19-11-13-21(14-12-19)18(2)24-29-15-8-7-10-20-16-27-23(3,28-17-20)22(25)26-4/h11-14,20H,5-10,15-17H2,1-4H3/b24-18-. The first-order chi connectivity index (χ1) is 14.0. The molecule has 0 N–H and O–H groups in total. The highest BCUT2D eigenvalue weighted by Gasteiger charge is 2.41. The van der Waals surface area contributed by atoms with Gasteiger partial charge < -0.3 is 19.0 Å². The van der Waals surface area contributed by atoms with Gasteiger partial charge in [-0.25, -0.2) is 4.79 Å². The van der Waals surface area contributed by atoms with Gasteiger partial charge in [-0.15, -0.1) is 0 Å². The van der Waals surface area contributed by atoms with Crippen LogP contribution >= 0.6 is 0 Å². The van der Waals surface area contributed by atoms with Crippen molar-refractivity contribution < 1.29 is 23.8 Å². The van der Waals surface area contributed by atoms with E-state index in [1.54, 1.807) is 6.92 Å². The van der Waals surface area contributed by atoms with E-state index in [4.69, 9.17) is 19.0 Å². The van der Waals surface area contributed by atoms with Gasteiger partial charge in [-0.2, -0.15) is 0 Å². The fourth-order valence-corrected chi connectivity index (χ4v) is 3.20. The van der Waals surface area contributed by atoms with Gasteiger partial charge in [-0.3, -0.25) is 0 Å². The van der Waals surface area contributed by atoms with E-state index >= 15 is 0 Å². The van der Waals surface area contributed by atoms with Crippen LogP contribution in [-0.4, -0.2) is 44.4 Å². The Balaban J connectivity index is 1.61. The molecule has 0 bridgehead atoms. The first-order valence-corrected chi connectivity index (χ1v) is 10.6. The zero-order valence-electron chi connectivity index (χ0n) is 18.2. The molecule has 1 aromatic rings. The summed E-state index contributed by atoms with van der Waals surface area (Å²) in [4.78, 5) is 17.1. The van der Waals surface area contributed by atoms with Gasteiger partial charge in [0.1, 0.15) is 6.61 Å². The number of unbranched alkanes of at least 4 members (excludes halogenated alkanes) is 2. The average molecular weight is 406 g/mol. The van der Waals surface area contributed by atoms with Crippen molar-refractivity contribution in [3.63, 3.8) is 0 Å². The number of aryl methyl sites for hydroxylation is 1. The molecule has 0 amide bonds. The van der Waals surface area contributed by atoms with Crippen LogP contribution in [0.1, 0.15) is 64.0 Å². The minimum atomic E-state index is -1.27. The summed E-state index contributed by atoms with van der Waals surface area (Å²) in [6.45, 7) is 7.36. The van der Waals surface area contributed by atoms with Crippen LogP contribution in [0.15, 0.2) is 29.4 Å². The second-order valence-corrected chi connectivity index (χ2v) is 7.73. The fourth-order valence-electron chi connectivity index (χ4n) is 3.20. The zero-order valence-corrected chi connectivity index (χ0v) is 18.2. The van der Waals surface area contributed by atoms with E-state index in [-0.39, 0.29) is 5.92 Å². The highest BCUT2D eigenvalue weighted by Crippen LogP contribution is 2.25. The number of oxime groups is 1. The van der Waals surface area contributed by atoms with E-state index in [1.165, 1.54) is 25.5 Å². The van der Waals surface area contributed by atoms with Crippen LogP contribution < -0.4 is 0 Å². The molecule has 1 heterocycles.